The van der Waals surface area contributed by atoms with Crippen molar-refractivity contribution in [3.63, 3.8) is 0 Å². The van der Waals surface area contributed by atoms with E-state index in [1.54, 1.807) is 19.2 Å². The Morgan fingerprint density at radius 1 is 1.29 bits per heavy atom. The second kappa shape index (κ2) is 8.75. The number of nitrogens with one attached hydrogen (secondary N) is 2. The van der Waals surface area contributed by atoms with Crippen LogP contribution in [0.15, 0.2) is 12.3 Å². The van der Waals surface area contributed by atoms with Gasteiger partial charge in [-0.3, -0.25) is 14.5 Å². The Bertz CT molecular complexity index is 725. The lowest BCUT2D eigenvalue weighted by molar-refractivity contribution is -0.133. The number of urea groups is 1. The number of imide groups is 1. The van der Waals surface area contributed by atoms with Gasteiger partial charge < -0.3 is 10.6 Å². The molecule has 0 aromatic carbocycles. The quantitative estimate of drug-likeness (QED) is 0.501. The summed E-state index contributed by atoms with van der Waals surface area (Å²) in [5, 5.41) is 9.90. The van der Waals surface area contributed by atoms with Crippen molar-refractivity contribution in [3.8, 4) is 0 Å². The maximum absolute atomic E-state index is 12.8. The minimum absolute atomic E-state index is 0.287. The van der Waals surface area contributed by atoms with Crippen LogP contribution in [0.3, 0.4) is 0 Å². The van der Waals surface area contributed by atoms with Gasteiger partial charge in [0.25, 0.3) is 5.91 Å². The summed E-state index contributed by atoms with van der Waals surface area (Å²) in [6.45, 7) is 3.58. The molecule has 28 heavy (non-hydrogen) atoms. The molecular formula is C20H31N5O3. The number of anilines is 1. The summed E-state index contributed by atoms with van der Waals surface area (Å²) in [4.78, 5) is 38.6. The number of hydrogen-bond acceptors (Lipinski definition) is 4. The highest BCUT2D eigenvalue weighted by atomic mass is 16.2. The van der Waals surface area contributed by atoms with Gasteiger partial charge in [-0.1, -0.05) is 45.4 Å². The first-order valence-electron chi connectivity index (χ1n) is 10.4. The van der Waals surface area contributed by atoms with Crippen LogP contribution in [0.1, 0.15) is 77.7 Å². The van der Waals surface area contributed by atoms with Crippen LogP contribution >= 0.6 is 0 Å². The Hall–Kier alpha value is -2.38. The van der Waals surface area contributed by atoms with Gasteiger partial charge in [-0.05, 0) is 26.2 Å². The summed E-state index contributed by atoms with van der Waals surface area (Å²) in [5.41, 5.74) is -0.920. The van der Waals surface area contributed by atoms with Gasteiger partial charge in [0.05, 0.1) is 12.2 Å². The highest BCUT2D eigenvalue weighted by Gasteiger charge is 2.47. The fourth-order valence-electron chi connectivity index (χ4n) is 4.14. The molecular weight excluding hydrogens is 358 g/mol. The van der Waals surface area contributed by atoms with Gasteiger partial charge in [-0.2, -0.15) is 5.10 Å². The lowest BCUT2D eigenvalue weighted by Crippen LogP contribution is -2.44. The Kier molecular flexibility index (Phi) is 6.36. The number of unbranched alkanes of at least 4 members (excludes halogenated alkanes) is 3. The molecule has 154 valence electrons. The van der Waals surface area contributed by atoms with Crippen molar-refractivity contribution >= 4 is 23.7 Å². The first-order chi connectivity index (χ1) is 13.4. The Morgan fingerprint density at radius 3 is 2.75 bits per heavy atom. The molecule has 1 unspecified atom stereocenters. The van der Waals surface area contributed by atoms with Crippen molar-refractivity contribution in [1.29, 1.82) is 0 Å². The second-order valence-corrected chi connectivity index (χ2v) is 8.11. The van der Waals surface area contributed by atoms with Crippen molar-refractivity contribution in [2.75, 3.05) is 11.9 Å². The molecule has 2 N–H and O–H groups in total. The average Bonchev–Trinajstić information content (AvgIpc) is 3.37. The molecule has 2 aliphatic rings. The van der Waals surface area contributed by atoms with Crippen LogP contribution < -0.4 is 10.6 Å². The topological polar surface area (TPSA) is 96.3 Å². The molecule has 8 heteroatoms. The largest absolute Gasteiger partial charge is 0.325 e. The predicted molar refractivity (Wildman–Crippen MR) is 106 cm³/mol. The molecule has 1 atom stereocenters. The fourth-order valence-corrected chi connectivity index (χ4v) is 4.14. The van der Waals surface area contributed by atoms with Crippen molar-refractivity contribution < 1.29 is 14.4 Å². The summed E-state index contributed by atoms with van der Waals surface area (Å²) in [5.74, 6) is -0.0989. The van der Waals surface area contributed by atoms with E-state index >= 15 is 0 Å². The van der Waals surface area contributed by atoms with Crippen LogP contribution in [0.2, 0.25) is 0 Å². The minimum atomic E-state index is -0.920. The Morgan fingerprint density at radius 2 is 2.04 bits per heavy atom. The van der Waals surface area contributed by atoms with Gasteiger partial charge >= 0.3 is 6.03 Å². The van der Waals surface area contributed by atoms with Gasteiger partial charge in [0.15, 0.2) is 0 Å². The molecule has 1 saturated heterocycles. The number of aromatic nitrogens is 2. The van der Waals surface area contributed by atoms with Crippen LogP contribution in [0.5, 0.6) is 0 Å². The van der Waals surface area contributed by atoms with Crippen LogP contribution in [0.4, 0.5) is 10.6 Å². The zero-order chi connectivity index (χ0) is 20.1. The maximum atomic E-state index is 12.8. The van der Waals surface area contributed by atoms with E-state index in [-0.39, 0.29) is 12.5 Å². The van der Waals surface area contributed by atoms with E-state index in [0.717, 1.165) is 56.3 Å². The van der Waals surface area contributed by atoms with Crippen molar-refractivity contribution in [2.24, 2.45) is 0 Å². The number of nitrogens with zero attached hydrogens (tertiary/aromatic N) is 3. The van der Waals surface area contributed by atoms with Crippen LogP contribution in [0, 0.1) is 0 Å². The van der Waals surface area contributed by atoms with E-state index in [1.165, 1.54) is 0 Å². The highest BCUT2D eigenvalue weighted by Crippen LogP contribution is 2.31. The molecule has 8 nitrogen and oxygen atoms in total. The summed E-state index contributed by atoms with van der Waals surface area (Å²) in [6.07, 6.45) is 10.8. The molecule has 0 spiro atoms. The number of carbonyl (C=O) groups excluding carboxylic acids is 3. The number of rotatable bonds is 9. The van der Waals surface area contributed by atoms with Crippen molar-refractivity contribution in [1.82, 2.24) is 20.0 Å². The van der Waals surface area contributed by atoms with E-state index in [9.17, 15) is 14.4 Å². The van der Waals surface area contributed by atoms with Crippen LogP contribution in [-0.4, -0.2) is 44.6 Å². The zero-order valence-electron chi connectivity index (χ0n) is 16.9. The molecule has 1 aliphatic heterocycles. The molecule has 0 bridgehead atoms. The van der Waals surface area contributed by atoms with Crippen LogP contribution in [0.25, 0.3) is 0 Å². The monoisotopic (exact) mass is 389 g/mol. The van der Waals surface area contributed by atoms with Gasteiger partial charge in [0, 0.05) is 6.07 Å². The van der Waals surface area contributed by atoms with Crippen molar-refractivity contribution in [3.05, 3.63) is 12.3 Å². The van der Waals surface area contributed by atoms with E-state index in [1.807, 2.05) is 4.68 Å². The molecule has 1 saturated carbocycles. The lowest BCUT2D eigenvalue weighted by Gasteiger charge is -2.21. The molecule has 0 radical (unpaired) electrons. The molecule has 2 heterocycles. The molecule has 1 aromatic rings. The number of hydrogen-bond donors (Lipinski definition) is 2. The number of carbonyl (C=O) groups is 3. The van der Waals surface area contributed by atoms with E-state index in [4.69, 9.17) is 0 Å². The third kappa shape index (κ3) is 4.36. The van der Waals surface area contributed by atoms with Gasteiger partial charge in [0.1, 0.15) is 17.9 Å². The lowest BCUT2D eigenvalue weighted by atomic mass is 9.94. The van der Waals surface area contributed by atoms with E-state index < -0.39 is 17.5 Å². The maximum Gasteiger partial charge on any atom is 0.325 e. The van der Waals surface area contributed by atoms with Crippen molar-refractivity contribution in [2.45, 2.75) is 83.2 Å². The van der Waals surface area contributed by atoms with E-state index in [2.05, 4.69) is 22.7 Å². The van der Waals surface area contributed by atoms with E-state index in [0.29, 0.717) is 18.3 Å². The standard InChI is InChI=1S/C20H31N5O3/c1-3-4-5-8-12-20(2)18(27)24(19(28)23-20)14-17(26)22-16-11-13-21-25(16)15-9-6-7-10-15/h11,13,15H,3-10,12,14H2,1-2H3,(H,22,26)(H,23,28). The molecule has 1 aliphatic carbocycles. The normalized spacial score (nSPS) is 22.7. The average molecular weight is 390 g/mol. The molecule has 3 rings (SSSR count). The smallest absolute Gasteiger partial charge is 0.323 e. The fraction of sp³-hybridized carbons (Fsp3) is 0.700. The Labute approximate surface area is 166 Å². The van der Waals surface area contributed by atoms with Crippen LogP contribution in [-0.2, 0) is 9.59 Å². The van der Waals surface area contributed by atoms with Gasteiger partial charge in [0.2, 0.25) is 5.91 Å². The van der Waals surface area contributed by atoms with Gasteiger partial charge in [-0.25, -0.2) is 9.48 Å². The zero-order valence-corrected chi connectivity index (χ0v) is 16.9. The molecule has 2 fully saturated rings. The molecule has 1 aromatic heterocycles. The first kappa shape index (κ1) is 20.4. The second-order valence-electron chi connectivity index (χ2n) is 8.11. The predicted octanol–water partition coefficient (Wildman–Crippen LogP) is 3.22. The Balaban J connectivity index is 1.57. The first-order valence-corrected chi connectivity index (χ1v) is 10.4. The third-order valence-corrected chi connectivity index (χ3v) is 5.79. The summed E-state index contributed by atoms with van der Waals surface area (Å²) in [6, 6.07) is 1.55. The summed E-state index contributed by atoms with van der Waals surface area (Å²) in [7, 11) is 0. The summed E-state index contributed by atoms with van der Waals surface area (Å²) < 4.78 is 1.84. The SMILES string of the molecule is CCCCCCC1(C)NC(=O)N(CC(=O)Nc2ccnn2C2CCCC2)C1=O. The minimum Gasteiger partial charge on any atom is -0.323 e. The van der Waals surface area contributed by atoms with Gasteiger partial charge in [-0.15, -0.1) is 0 Å². The molecule has 4 amide bonds. The highest BCUT2D eigenvalue weighted by molar-refractivity contribution is 6.09. The summed E-state index contributed by atoms with van der Waals surface area (Å²) >= 11 is 0. The third-order valence-electron chi connectivity index (χ3n) is 5.79. The number of amides is 4.